The molecule has 2 N–H and O–H groups in total. The van der Waals surface area contributed by atoms with Crippen molar-refractivity contribution in [3.8, 4) is 0 Å². The van der Waals surface area contributed by atoms with Crippen LogP contribution in [-0.2, 0) is 4.79 Å². The van der Waals surface area contributed by atoms with Gasteiger partial charge in [0.2, 0.25) is 0 Å². The number of nitrogens with one attached hydrogen (secondary N) is 2. The molecule has 2 aliphatic rings. The van der Waals surface area contributed by atoms with Gasteiger partial charge in [0.05, 0.1) is 21.4 Å². The molecule has 0 unspecified atom stereocenters. The number of likely N-dealkylation sites (tertiary alicyclic amines) is 1. The summed E-state index contributed by atoms with van der Waals surface area (Å²) in [5, 5.41) is 4.65. The van der Waals surface area contributed by atoms with E-state index in [-0.39, 0.29) is 5.41 Å². The fraction of sp³-hybridized carbons (Fsp3) is 0.433. The Hall–Kier alpha value is -3.03. The highest BCUT2D eigenvalue weighted by Gasteiger charge is 2.49. The van der Waals surface area contributed by atoms with Gasteiger partial charge in [-0.25, -0.2) is 9.97 Å². The topological polar surface area (TPSA) is 73.9 Å². The lowest BCUT2D eigenvalue weighted by Gasteiger charge is -2.22. The summed E-state index contributed by atoms with van der Waals surface area (Å²) in [7, 11) is 0. The highest BCUT2D eigenvalue weighted by Crippen LogP contribution is 2.48. The summed E-state index contributed by atoms with van der Waals surface area (Å²) in [5.41, 5.74) is 8.18. The molecule has 4 heterocycles. The predicted molar refractivity (Wildman–Crippen MR) is 153 cm³/mol. The molecular weight excluding hydrogens is 478 g/mol. The number of ketones is 1. The van der Waals surface area contributed by atoms with Crippen LogP contribution in [0.5, 0.6) is 0 Å². The van der Waals surface area contributed by atoms with E-state index in [1.807, 2.05) is 17.8 Å². The number of Topliss-reactive ketones (excluding diaryl/α,β-unsaturated/α-hetero) is 1. The largest absolute Gasteiger partial charge is 0.355 e. The normalized spacial score (nSPS) is 17.6. The lowest BCUT2D eigenvalue weighted by Crippen LogP contribution is -2.32. The van der Waals surface area contributed by atoms with Crippen LogP contribution >= 0.6 is 11.3 Å². The molecule has 1 aliphatic heterocycles. The third-order valence-corrected chi connectivity index (χ3v) is 8.75. The zero-order valence-corrected chi connectivity index (χ0v) is 22.4. The predicted octanol–water partition coefficient (Wildman–Crippen LogP) is 7.33. The summed E-state index contributed by atoms with van der Waals surface area (Å²) in [5.74, 6) is 0.484. The smallest absolute Gasteiger partial charge is 0.140 e. The summed E-state index contributed by atoms with van der Waals surface area (Å²) in [6.45, 7) is 5.50. The number of pyridine rings is 1. The molecule has 6 nitrogen and oxygen atoms in total. The minimum atomic E-state index is -0.0350. The summed E-state index contributed by atoms with van der Waals surface area (Å²) < 4.78 is 1.17. The van der Waals surface area contributed by atoms with Gasteiger partial charge in [0.15, 0.2) is 0 Å². The van der Waals surface area contributed by atoms with Crippen molar-refractivity contribution < 1.29 is 4.79 Å². The molecule has 1 saturated heterocycles. The van der Waals surface area contributed by atoms with Crippen molar-refractivity contribution in [1.29, 1.82) is 0 Å². The van der Waals surface area contributed by atoms with Gasteiger partial charge in [-0.15, -0.1) is 11.3 Å². The average Bonchev–Trinajstić information content (AvgIpc) is 3.28. The molecule has 6 rings (SSSR count). The third kappa shape index (κ3) is 5.20. The number of nitrogens with zero attached hydrogens (tertiary/aromatic N) is 3. The average molecular weight is 514 g/mol. The van der Waals surface area contributed by atoms with Crippen molar-refractivity contribution >= 4 is 55.3 Å². The van der Waals surface area contributed by atoms with Crippen LogP contribution in [0.15, 0.2) is 48.1 Å². The van der Waals surface area contributed by atoms with Crippen LogP contribution in [0.25, 0.3) is 26.8 Å². The Labute approximate surface area is 222 Å². The highest BCUT2D eigenvalue weighted by molar-refractivity contribution is 7.16. The number of carbonyl (C=O) groups excluding carboxylic acids is 1. The van der Waals surface area contributed by atoms with Gasteiger partial charge in [0.25, 0.3) is 0 Å². The minimum Gasteiger partial charge on any atom is -0.355 e. The lowest BCUT2D eigenvalue weighted by atomic mass is 9.94. The van der Waals surface area contributed by atoms with Crippen molar-refractivity contribution in [2.24, 2.45) is 5.41 Å². The van der Waals surface area contributed by atoms with Crippen LogP contribution in [-0.4, -0.2) is 45.3 Å². The molecule has 37 heavy (non-hydrogen) atoms. The lowest BCUT2D eigenvalue weighted by molar-refractivity contribution is -0.124. The van der Waals surface area contributed by atoms with E-state index in [2.05, 4.69) is 62.4 Å². The Morgan fingerprint density at radius 1 is 1.16 bits per heavy atom. The second-order valence-corrected chi connectivity index (χ2v) is 11.5. The summed E-state index contributed by atoms with van der Waals surface area (Å²) in [6, 6.07) is 10.5. The first-order chi connectivity index (χ1) is 18.1. The third-order valence-electron chi connectivity index (χ3n) is 7.96. The van der Waals surface area contributed by atoms with Crippen LogP contribution < -0.4 is 5.32 Å². The van der Waals surface area contributed by atoms with Crippen LogP contribution in [0.1, 0.15) is 64.0 Å². The van der Waals surface area contributed by atoms with Crippen molar-refractivity contribution in [1.82, 2.24) is 19.9 Å². The Bertz CT molecular complexity index is 1440. The van der Waals surface area contributed by atoms with Crippen molar-refractivity contribution in [3.63, 3.8) is 0 Å². The van der Waals surface area contributed by atoms with E-state index in [9.17, 15) is 4.79 Å². The SMILES string of the molecule is CC/C=C(\CCCC(=O)C1(CN2CCCC2)CC1)c1cc2c(Nc3ccc4ncsc4c3)ccnc2[nH]1. The molecule has 0 bridgehead atoms. The Kier molecular flexibility index (Phi) is 6.82. The summed E-state index contributed by atoms with van der Waals surface area (Å²) >= 11 is 1.65. The number of fused-ring (bicyclic) bond motifs is 2. The molecule has 0 spiro atoms. The maximum Gasteiger partial charge on any atom is 0.140 e. The molecule has 0 amide bonds. The van der Waals surface area contributed by atoms with E-state index in [0.717, 1.165) is 72.3 Å². The number of aromatic amines is 1. The first kappa shape index (κ1) is 24.3. The maximum atomic E-state index is 13.1. The molecule has 0 radical (unpaired) electrons. The van der Waals surface area contributed by atoms with Crippen LogP contribution in [0.3, 0.4) is 0 Å². The minimum absolute atomic E-state index is 0.0350. The second kappa shape index (κ2) is 10.4. The molecule has 1 aromatic carbocycles. The first-order valence-electron chi connectivity index (χ1n) is 13.7. The molecule has 0 atom stereocenters. The quantitative estimate of drug-likeness (QED) is 0.220. The summed E-state index contributed by atoms with van der Waals surface area (Å²) in [6.07, 6.45) is 12.3. The zero-order chi connectivity index (χ0) is 25.2. The number of allylic oxidation sites excluding steroid dienone is 2. The Morgan fingerprint density at radius 2 is 2.03 bits per heavy atom. The van der Waals surface area contributed by atoms with E-state index in [4.69, 9.17) is 0 Å². The number of anilines is 2. The number of hydrogen-bond donors (Lipinski definition) is 2. The molecule has 3 aromatic heterocycles. The second-order valence-electron chi connectivity index (χ2n) is 10.6. The van der Waals surface area contributed by atoms with E-state index in [0.29, 0.717) is 12.2 Å². The van der Waals surface area contributed by atoms with Crippen molar-refractivity contribution in [2.75, 3.05) is 25.0 Å². The molecule has 1 aliphatic carbocycles. The Morgan fingerprint density at radius 3 is 2.84 bits per heavy atom. The van der Waals surface area contributed by atoms with Crippen LogP contribution in [0.2, 0.25) is 0 Å². The van der Waals surface area contributed by atoms with Gasteiger partial charge in [-0.05, 0) is 93.9 Å². The number of hydrogen-bond acceptors (Lipinski definition) is 6. The number of rotatable bonds is 11. The maximum absolute atomic E-state index is 13.1. The number of thiazole rings is 1. The van der Waals surface area contributed by atoms with E-state index in [1.54, 1.807) is 11.3 Å². The molecule has 7 heteroatoms. The van der Waals surface area contributed by atoms with Gasteiger partial charge in [0, 0.05) is 41.3 Å². The van der Waals surface area contributed by atoms with Gasteiger partial charge in [-0.3, -0.25) is 4.79 Å². The highest BCUT2D eigenvalue weighted by atomic mass is 32.1. The number of aromatic nitrogens is 3. The van der Waals surface area contributed by atoms with Crippen LogP contribution in [0, 0.1) is 5.41 Å². The van der Waals surface area contributed by atoms with Gasteiger partial charge in [-0.2, -0.15) is 0 Å². The number of benzene rings is 1. The molecule has 2 fully saturated rings. The van der Waals surface area contributed by atoms with Gasteiger partial charge < -0.3 is 15.2 Å². The number of carbonyl (C=O) groups is 1. The van der Waals surface area contributed by atoms with Crippen molar-refractivity contribution in [3.05, 3.63) is 53.8 Å². The zero-order valence-electron chi connectivity index (χ0n) is 21.6. The Balaban J connectivity index is 1.14. The van der Waals surface area contributed by atoms with Gasteiger partial charge in [0.1, 0.15) is 11.4 Å². The monoisotopic (exact) mass is 513 g/mol. The first-order valence-corrected chi connectivity index (χ1v) is 14.5. The molecule has 192 valence electrons. The standard InChI is InChI=1S/C30H35N5OS/c1-2-6-21(7-5-8-28(36)30(12-13-30)19-35-15-3-4-16-35)26-18-23-24(11-14-31-29(23)34-26)33-22-9-10-25-27(17-22)37-20-32-25/h6,9-11,14,17-18,20H,2-5,7-8,12-13,15-16,19H2,1H3,(H2,31,33,34)/b21-6+. The number of H-pyrrole nitrogens is 1. The molecular formula is C30H35N5OS. The van der Waals surface area contributed by atoms with E-state index < -0.39 is 0 Å². The van der Waals surface area contributed by atoms with Crippen molar-refractivity contribution in [2.45, 2.75) is 58.3 Å². The van der Waals surface area contributed by atoms with E-state index >= 15 is 0 Å². The van der Waals surface area contributed by atoms with Gasteiger partial charge in [-0.1, -0.05) is 13.0 Å². The van der Waals surface area contributed by atoms with Gasteiger partial charge >= 0.3 is 0 Å². The molecule has 4 aromatic rings. The fourth-order valence-corrected chi connectivity index (χ4v) is 6.46. The fourth-order valence-electron chi connectivity index (χ4n) is 5.74. The molecule has 1 saturated carbocycles. The van der Waals surface area contributed by atoms with E-state index in [1.165, 1.54) is 36.2 Å². The summed E-state index contributed by atoms with van der Waals surface area (Å²) in [4.78, 5) is 28.2. The van der Waals surface area contributed by atoms with Crippen LogP contribution in [0.4, 0.5) is 11.4 Å².